The average Bonchev–Trinajstić information content (AvgIpc) is 2.91. The molecule has 1 heterocycles. The fourth-order valence-corrected chi connectivity index (χ4v) is 3.04. The van der Waals surface area contributed by atoms with Crippen LogP contribution in [-0.2, 0) is 13.2 Å². The van der Waals surface area contributed by atoms with Gasteiger partial charge in [-0.3, -0.25) is 9.47 Å². The van der Waals surface area contributed by atoms with Gasteiger partial charge in [0.2, 0.25) is 4.77 Å². The van der Waals surface area contributed by atoms with Gasteiger partial charge in [-0.25, -0.2) is 4.68 Å². The lowest BCUT2D eigenvalue weighted by molar-refractivity contribution is 0.243. The molecule has 124 valence electrons. The van der Waals surface area contributed by atoms with E-state index < -0.39 is 0 Å². The topological polar surface area (TPSA) is 26.0 Å². The average molecular weight is 338 g/mol. The van der Waals surface area contributed by atoms with Gasteiger partial charge in [0.15, 0.2) is 0 Å². The molecule has 0 bridgehead atoms. The molecule has 0 aliphatic rings. The minimum atomic E-state index is 0.659. The largest absolute Gasteiger partial charge is 0.283 e. The van der Waals surface area contributed by atoms with E-state index in [4.69, 9.17) is 12.2 Å². The molecule has 0 unspecified atom stereocenters. The second-order valence-corrected chi connectivity index (χ2v) is 6.52. The summed E-state index contributed by atoms with van der Waals surface area (Å²) >= 11 is 5.61. The van der Waals surface area contributed by atoms with Crippen LogP contribution in [0.4, 0.5) is 0 Å². The summed E-state index contributed by atoms with van der Waals surface area (Å²) in [5, 5.41) is 4.47. The zero-order valence-corrected chi connectivity index (χ0v) is 15.1. The molecule has 2 aromatic carbocycles. The van der Waals surface area contributed by atoms with Gasteiger partial charge in [-0.15, -0.1) is 0 Å². The maximum absolute atomic E-state index is 5.61. The van der Waals surface area contributed by atoms with Crippen molar-refractivity contribution in [2.75, 3.05) is 7.05 Å². The van der Waals surface area contributed by atoms with E-state index in [-0.39, 0.29) is 0 Å². The molecule has 0 saturated carbocycles. The van der Waals surface area contributed by atoms with E-state index in [2.05, 4.69) is 67.3 Å². The minimum Gasteiger partial charge on any atom is -0.283 e. The first kappa shape index (κ1) is 16.6. The van der Waals surface area contributed by atoms with Gasteiger partial charge in [0.25, 0.3) is 0 Å². The van der Waals surface area contributed by atoms with Crippen LogP contribution in [0.5, 0.6) is 0 Å². The van der Waals surface area contributed by atoms with E-state index in [9.17, 15) is 0 Å². The highest BCUT2D eigenvalue weighted by Crippen LogP contribution is 2.14. The Kier molecular flexibility index (Phi) is 4.92. The molecule has 3 rings (SSSR count). The summed E-state index contributed by atoms with van der Waals surface area (Å²) in [4.78, 5) is 2.22. The van der Waals surface area contributed by atoms with Crippen LogP contribution in [0.15, 0.2) is 54.9 Å². The molecule has 3 aromatic rings. The van der Waals surface area contributed by atoms with Crippen LogP contribution in [0, 0.1) is 18.6 Å². The molecule has 0 N–H and O–H groups in total. The van der Waals surface area contributed by atoms with Crippen molar-refractivity contribution in [3.8, 4) is 5.69 Å². The second-order valence-electron chi connectivity index (χ2n) is 6.15. The Balaban J connectivity index is 1.78. The Morgan fingerprint density at radius 2 is 1.67 bits per heavy atom. The van der Waals surface area contributed by atoms with Crippen LogP contribution in [-0.4, -0.2) is 26.3 Å². The Labute approximate surface area is 148 Å². The number of para-hydroxylation sites is 1. The highest BCUT2D eigenvalue weighted by atomic mass is 32.1. The lowest BCUT2D eigenvalue weighted by atomic mass is 10.1. The predicted molar refractivity (Wildman–Crippen MR) is 99.8 cm³/mol. The summed E-state index contributed by atoms with van der Waals surface area (Å²) in [5.74, 6) is 0. The second kappa shape index (κ2) is 7.11. The molecule has 24 heavy (non-hydrogen) atoms. The first-order valence-corrected chi connectivity index (χ1v) is 8.40. The molecular weight excluding hydrogens is 316 g/mol. The molecule has 4 nitrogen and oxygen atoms in total. The molecule has 0 amide bonds. The number of aryl methyl sites for hydroxylation is 2. The molecule has 0 aliphatic carbocycles. The van der Waals surface area contributed by atoms with Gasteiger partial charge in [-0.2, -0.15) is 5.10 Å². The summed E-state index contributed by atoms with van der Waals surface area (Å²) < 4.78 is 4.53. The predicted octanol–water partition coefficient (Wildman–Crippen LogP) is 4.11. The highest BCUT2D eigenvalue weighted by molar-refractivity contribution is 7.71. The van der Waals surface area contributed by atoms with Crippen LogP contribution < -0.4 is 0 Å². The van der Waals surface area contributed by atoms with Crippen molar-refractivity contribution in [1.82, 2.24) is 19.2 Å². The third kappa shape index (κ3) is 3.47. The lowest BCUT2D eigenvalue weighted by Crippen LogP contribution is -2.23. The minimum absolute atomic E-state index is 0.659. The molecular formula is C19H22N4S. The number of nitrogens with zero attached hydrogens (tertiary/aromatic N) is 4. The van der Waals surface area contributed by atoms with E-state index in [1.54, 1.807) is 6.33 Å². The van der Waals surface area contributed by atoms with Crippen molar-refractivity contribution in [1.29, 1.82) is 0 Å². The zero-order chi connectivity index (χ0) is 17.1. The third-order valence-electron chi connectivity index (χ3n) is 4.19. The molecule has 5 heteroatoms. The van der Waals surface area contributed by atoms with E-state index in [1.165, 1.54) is 16.7 Å². The number of rotatable bonds is 5. The fourth-order valence-electron chi connectivity index (χ4n) is 2.79. The molecule has 0 spiro atoms. The van der Waals surface area contributed by atoms with E-state index in [1.807, 2.05) is 21.4 Å². The number of aromatic nitrogens is 3. The molecule has 1 aromatic heterocycles. The Hall–Kier alpha value is -2.24. The molecule has 0 atom stereocenters. The zero-order valence-electron chi connectivity index (χ0n) is 14.3. The van der Waals surface area contributed by atoms with Gasteiger partial charge >= 0.3 is 0 Å². The summed E-state index contributed by atoms with van der Waals surface area (Å²) in [6.07, 6.45) is 1.80. The summed E-state index contributed by atoms with van der Waals surface area (Å²) in [6.45, 7) is 5.75. The summed E-state index contributed by atoms with van der Waals surface area (Å²) in [5.41, 5.74) is 4.89. The van der Waals surface area contributed by atoms with Crippen LogP contribution in [0.3, 0.4) is 0 Å². The van der Waals surface area contributed by atoms with Crippen molar-refractivity contribution in [3.63, 3.8) is 0 Å². The van der Waals surface area contributed by atoms with Gasteiger partial charge < -0.3 is 0 Å². The van der Waals surface area contributed by atoms with Gasteiger partial charge in [0.05, 0.1) is 12.4 Å². The SMILES string of the molecule is Cc1ccccc1CN(C)Cn1ncn(-c2ccccc2C)c1=S. The van der Waals surface area contributed by atoms with Crippen molar-refractivity contribution in [3.05, 3.63) is 76.3 Å². The fraction of sp³-hybridized carbons (Fsp3) is 0.263. The Morgan fingerprint density at radius 3 is 2.38 bits per heavy atom. The maximum atomic E-state index is 5.61. The Morgan fingerprint density at radius 1 is 1.00 bits per heavy atom. The van der Waals surface area contributed by atoms with E-state index >= 15 is 0 Å². The van der Waals surface area contributed by atoms with Crippen LogP contribution in [0.2, 0.25) is 0 Å². The van der Waals surface area contributed by atoms with Crippen LogP contribution in [0.25, 0.3) is 5.69 Å². The summed E-state index contributed by atoms with van der Waals surface area (Å²) in [6, 6.07) is 16.6. The highest BCUT2D eigenvalue weighted by Gasteiger charge is 2.09. The molecule has 0 aliphatic heterocycles. The normalized spacial score (nSPS) is 11.2. The van der Waals surface area contributed by atoms with Crippen molar-refractivity contribution in [2.24, 2.45) is 0 Å². The lowest BCUT2D eigenvalue weighted by Gasteiger charge is -2.17. The monoisotopic (exact) mass is 338 g/mol. The number of hydrogen-bond acceptors (Lipinski definition) is 3. The maximum Gasteiger partial charge on any atom is 0.203 e. The van der Waals surface area contributed by atoms with Crippen molar-refractivity contribution < 1.29 is 0 Å². The van der Waals surface area contributed by atoms with E-state index in [0.29, 0.717) is 11.4 Å². The number of hydrogen-bond donors (Lipinski definition) is 0. The first-order valence-electron chi connectivity index (χ1n) is 8.00. The van der Waals surface area contributed by atoms with Gasteiger partial charge in [-0.1, -0.05) is 42.5 Å². The first-order chi connectivity index (χ1) is 11.6. The quantitative estimate of drug-likeness (QED) is 0.655. The van der Waals surface area contributed by atoms with Gasteiger partial charge in [0.1, 0.15) is 6.33 Å². The van der Waals surface area contributed by atoms with Gasteiger partial charge in [-0.05, 0) is 55.9 Å². The third-order valence-corrected chi connectivity index (χ3v) is 4.59. The van der Waals surface area contributed by atoms with Crippen molar-refractivity contribution >= 4 is 12.2 Å². The van der Waals surface area contributed by atoms with Crippen molar-refractivity contribution in [2.45, 2.75) is 27.1 Å². The van der Waals surface area contributed by atoms with Crippen LogP contribution in [0.1, 0.15) is 16.7 Å². The summed E-state index contributed by atoms with van der Waals surface area (Å²) in [7, 11) is 2.08. The van der Waals surface area contributed by atoms with Crippen LogP contribution >= 0.6 is 12.2 Å². The van der Waals surface area contributed by atoms with Gasteiger partial charge in [0, 0.05) is 6.54 Å². The molecule has 0 fully saturated rings. The molecule has 0 saturated heterocycles. The smallest absolute Gasteiger partial charge is 0.203 e. The van der Waals surface area contributed by atoms with E-state index in [0.717, 1.165) is 12.2 Å². The Bertz CT molecular complexity index is 894. The standard InChI is InChI=1S/C19H22N4S/c1-15-8-4-6-10-17(15)12-21(3)14-23-19(24)22(13-20-23)18-11-7-5-9-16(18)2/h4-11,13H,12,14H2,1-3H3. The number of benzene rings is 2. The molecule has 0 radical (unpaired) electrons.